The van der Waals surface area contributed by atoms with Crippen LogP contribution in [0.5, 0.6) is 0 Å². The molecule has 0 fully saturated rings. The highest BCUT2D eigenvalue weighted by atomic mass is 79.9. The average Bonchev–Trinajstić information content (AvgIpc) is 3.04. The molecular formula is C17H14BrN5O3. The standard InChI is InChI=1S/C17H14BrN5O3/c1-10-14-6-13(23(25)26)3-2-11(14)4-5-21(10)17(24)15-7-16-19-8-12(18)9-22(16)20-15/h2-3,6-10H,4-5H2,1H3. The minimum absolute atomic E-state index is 0.0340. The Labute approximate surface area is 156 Å². The first kappa shape index (κ1) is 16.6. The summed E-state index contributed by atoms with van der Waals surface area (Å²) < 4.78 is 2.31. The van der Waals surface area contributed by atoms with Crippen molar-refractivity contribution in [2.24, 2.45) is 0 Å². The van der Waals surface area contributed by atoms with Crippen LogP contribution in [0.15, 0.2) is 41.1 Å². The first-order chi connectivity index (χ1) is 12.4. The third-order valence-corrected chi connectivity index (χ3v) is 5.05. The Hall–Kier alpha value is -2.81. The number of hydrogen-bond acceptors (Lipinski definition) is 5. The van der Waals surface area contributed by atoms with Gasteiger partial charge in [-0.05, 0) is 40.4 Å². The molecule has 0 bridgehead atoms. The van der Waals surface area contributed by atoms with Crippen LogP contribution in [0.1, 0.15) is 34.6 Å². The number of carbonyl (C=O) groups is 1. The zero-order valence-electron chi connectivity index (χ0n) is 13.8. The van der Waals surface area contributed by atoms with Crippen LogP contribution >= 0.6 is 15.9 Å². The molecule has 1 aliphatic heterocycles. The quantitative estimate of drug-likeness (QED) is 0.473. The Morgan fingerprint density at radius 3 is 2.96 bits per heavy atom. The fraction of sp³-hybridized carbons (Fsp3) is 0.235. The number of amides is 1. The van der Waals surface area contributed by atoms with E-state index in [1.807, 2.05) is 6.92 Å². The molecule has 1 amide bonds. The number of nitro benzene ring substituents is 1. The maximum absolute atomic E-state index is 13.0. The summed E-state index contributed by atoms with van der Waals surface area (Å²) in [5.74, 6) is -0.212. The predicted octanol–water partition coefficient (Wildman–Crippen LogP) is 3.16. The average molecular weight is 416 g/mol. The number of fused-ring (bicyclic) bond motifs is 2. The van der Waals surface area contributed by atoms with Gasteiger partial charge in [-0.25, -0.2) is 9.50 Å². The molecule has 3 aromatic rings. The molecule has 0 N–H and O–H groups in total. The number of nitro groups is 1. The number of nitrogens with zero attached hydrogens (tertiary/aromatic N) is 5. The van der Waals surface area contributed by atoms with E-state index in [0.717, 1.165) is 15.6 Å². The minimum atomic E-state index is -0.417. The summed E-state index contributed by atoms with van der Waals surface area (Å²) in [5.41, 5.74) is 2.76. The van der Waals surface area contributed by atoms with Crippen LogP contribution in [-0.2, 0) is 6.42 Å². The lowest BCUT2D eigenvalue weighted by molar-refractivity contribution is -0.385. The first-order valence-electron chi connectivity index (χ1n) is 8.03. The smallest absolute Gasteiger partial charge is 0.274 e. The molecule has 9 heteroatoms. The summed E-state index contributed by atoms with van der Waals surface area (Å²) in [6.45, 7) is 2.42. The van der Waals surface area contributed by atoms with Crippen molar-refractivity contribution in [2.45, 2.75) is 19.4 Å². The second-order valence-electron chi connectivity index (χ2n) is 6.17. The molecule has 1 aliphatic rings. The van der Waals surface area contributed by atoms with Gasteiger partial charge >= 0.3 is 0 Å². The summed E-state index contributed by atoms with van der Waals surface area (Å²) in [4.78, 5) is 29.5. The monoisotopic (exact) mass is 415 g/mol. The van der Waals surface area contributed by atoms with Crippen molar-refractivity contribution in [3.05, 3.63) is 68.1 Å². The van der Waals surface area contributed by atoms with Gasteiger partial charge < -0.3 is 4.90 Å². The van der Waals surface area contributed by atoms with Crippen LogP contribution in [0.25, 0.3) is 5.65 Å². The number of rotatable bonds is 2. The molecule has 0 spiro atoms. The highest BCUT2D eigenvalue weighted by Crippen LogP contribution is 2.33. The fourth-order valence-corrected chi connectivity index (χ4v) is 3.59. The van der Waals surface area contributed by atoms with Gasteiger partial charge in [-0.1, -0.05) is 6.07 Å². The number of halogens is 1. The van der Waals surface area contributed by atoms with Gasteiger partial charge in [0.05, 0.1) is 15.4 Å². The third kappa shape index (κ3) is 2.74. The van der Waals surface area contributed by atoms with E-state index in [-0.39, 0.29) is 17.6 Å². The highest BCUT2D eigenvalue weighted by Gasteiger charge is 2.30. The first-order valence-corrected chi connectivity index (χ1v) is 8.82. The van der Waals surface area contributed by atoms with Crippen molar-refractivity contribution >= 4 is 33.2 Å². The Balaban J connectivity index is 1.68. The van der Waals surface area contributed by atoms with Gasteiger partial charge in [-0.3, -0.25) is 14.9 Å². The molecule has 0 saturated heterocycles. The predicted molar refractivity (Wildman–Crippen MR) is 96.9 cm³/mol. The van der Waals surface area contributed by atoms with E-state index >= 15 is 0 Å². The minimum Gasteiger partial charge on any atom is -0.330 e. The SMILES string of the molecule is CC1c2cc([N+](=O)[O-])ccc2CCN1C(=O)c1cc2ncc(Br)cn2n1. The van der Waals surface area contributed by atoms with Gasteiger partial charge in [0, 0.05) is 37.1 Å². The molecular weight excluding hydrogens is 402 g/mol. The third-order valence-electron chi connectivity index (χ3n) is 4.64. The molecule has 26 heavy (non-hydrogen) atoms. The van der Waals surface area contributed by atoms with E-state index in [2.05, 4.69) is 26.0 Å². The Bertz CT molecular complexity index is 1050. The highest BCUT2D eigenvalue weighted by molar-refractivity contribution is 9.10. The Morgan fingerprint density at radius 1 is 1.38 bits per heavy atom. The summed E-state index contributed by atoms with van der Waals surface area (Å²) in [6.07, 6.45) is 4.03. The van der Waals surface area contributed by atoms with Crippen molar-refractivity contribution in [1.82, 2.24) is 19.5 Å². The molecule has 0 saturated carbocycles. The Morgan fingerprint density at radius 2 is 2.19 bits per heavy atom. The second kappa shape index (κ2) is 6.17. The lowest BCUT2D eigenvalue weighted by Gasteiger charge is -2.34. The number of hydrogen-bond donors (Lipinski definition) is 0. The van der Waals surface area contributed by atoms with E-state index in [1.54, 1.807) is 40.0 Å². The van der Waals surface area contributed by atoms with Crippen LogP contribution in [-0.4, -0.2) is 36.9 Å². The fourth-order valence-electron chi connectivity index (χ4n) is 3.30. The zero-order chi connectivity index (χ0) is 18.4. The van der Waals surface area contributed by atoms with Gasteiger partial charge in [0.2, 0.25) is 0 Å². The van der Waals surface area contributed by atoms with Crippen molar-refractivity contribution in [3.8, 4) is 0 Å². The van der Waals surface area contributed by atoms with Gasteiger partial charge in [0.1, 0.15) is 0 Å². The molecule has 1 aromatic carbocycles. The summed E-state index contributed by atoms with van der Waals surface area (Å²) in [6, 6.07) is 6.22. The van der Waals surface area contributed by atoms with Gasteiger partial charge in [-0.2, -0.15) is 5.10 Å². The second-order valence-corrected chi connectivity index (χ2v) is 7.08. The van der Waals surface area contributed by atoms with Crippen LogP contribution in [0, 0.1) is 10.1 Å². The van der Waals surface area contributed by atoms with Crippen molar-refractivity contribution in [2.75, 3.05) is 6.54 Å². The van der Waals surface area contributed by atoms with E-state index in [9.17, 15) is 14.9 Å². The van der Waals surface area contributed by atoms with Crippen molar-refractivity contribution in [3.63, 3.8) is 0 Å². The molecule has 8 nitrogen and oxygen atoms in total. The summed E-state index contributed by atoms with van der Waals surface area (Å²) >= 11 is 3.33. The number of non-ortho nitro benzene ring substituents is 1. The molecule has 0 aliphatic carbocycles. The number of carbonyl (C=O) groups excluding carboxylic acids is 1. The molecule has 132 valence electrons. The number of aromatic nitrogens is 3. The number of benzene rings is 1. The van der Waals surface area contributed by atoms with Gasteiger partial charge in [-0.15, -0.1) is 0 Å². The van der Waals surface area contributed by atoms with Crippen LogP contribution in [0.2, 0.25) is 0 Å². The lowest BCUT2D eigenvalue weighted by atomic mass is 9.93. The van der Waals surface area contributed by atoms with Crippen molar-refractivity contribution < 1.29 is 9.72 Å². The maximum Gasteiger partial charge on any atom is 0.274 e. The Kier molecular flexibility index (Phi) is 3.95. The normalized spacial score (nSPS) is 16.5. The maximum atomic E-state index is 13.0. The van der Waals surface area contributed by atoms with Gasteiger partial charge in [0.25, 0.3) is 11.6 Å². The van der Waals surface area contributed by atoms with Gasteiger partial charge in [0.15, 0.2) is 11.3 Å². The zero-order valence-corrected chi connectivity index (χ0v) is 15.4. The van der Waals surface area contributed by atoms with Crippen LogP contribution in [0.4, 0.5) is 5.69 Å². The molecule has 1 unspecified atom stereocenters. The van der Waals surface area contributed by atoms with Crippen LogP contribution in [0.3, 0.4) is 0 Å². The molecule has 4 rings (SSSR count). The molecule has 1 atom stereocenters. The largest absolute Gasteiger partial charge is 0.330 e. The van der Waals surface area contributed by atoms with E-state index in [4.69, 9.17) is 0 Å². The lowest BCUT2D eigenvalue weighted by Crippen LogP contribution is -2.39. The van der Waals surface area contributed by atoms with Crippen molar-refractivity contribution in [1.29, 1.82) is 0 Å². The van der Waals surface area contributed by atoms with Crippen LogP contribution < -0.4 is 0 Å². The molecule has 3 heterocycles. The summed E-state index contributed by atoms with van der Waals surface area (Å²) in [7, 11) is 0. The topological polar surface area (TPSA) is 93.6 Å². The van der Waals surface area contributed by atoms with E-state index in [1.165, 1.54) is 6.07 Å². The van der Waals surface area contributed by atoms with E-state index in [0.29, 0.717) is 24.3 Å². The molecule has 0 radical (unpaired) electrons. The summed E-state index contributed by atoms with van der Waals surface area (Å²) in [5, 5.41) is 15.4. The molecule has 2 aromatic heterocycles. The van der Waals surface area contributed by atoms with E-state index < -0.39 is 4.92 Å².